The predicted octanol–water partition coefficient (Wildman–Crippen LogP) is 3.76. The number of alkyl halides is 3. The highest BCUT2D eigenvalue weighted by Crippen LogP contribution is 2.29. The van der Waals surface area contributed by atoms with Crippen molar-refractivity contribution in [3.8, 4) is 11.5 Å². The molecular formula is C17H17F3N2O3. The number of nitrogens with zero attached hydrogens (tertiary/aromatic N) is 1. The molecular weight excluding hydrogens is 337 g/mol. The molecule has 0 aliphatic rings. The molecule has 0 atom stereocenters. The highest BCUT2D eigenvalue weighted by Gasteiger charge is 2.32. The fourth-order valence-electron chi connectivity index (χ4n) is 2.02. The fourth-order valence-corrected chi connectivity index (χ4v) is 2.02. The van der Waals surface area contributed by atoms with Crippen molar-refractivity contribution in [3.63, 3.8) is 0 Å². The van der Waals surface area contributed by atoms with Crippen LogP contribution in [0.1, 0.15) is 30.3 Å². The van der Waals surface area contributed by atoms with Crippen LogP contribution in [0.5, 0.6) is 11.5 Å². The summed E-state index contributed by atoms with van der Waals surface area (Å²) in [7, 11) is 1.50. The molecule has 1 N–H and O–H groups in total. The third kappa shape index (κ3) is 5.10. The van der Waals surface area contributed by atoms with Crippen LogP contribution < -0.4 is 15.2 Å². The van der Waals surface area contributed by atoms with Gasteiger partial charge in [0.15, 0.2) is 11.5 Å². The van der Waals surface area contributed by atoms with Crippen molar-refractivity contribution in [1.29, 1.82) is 0 Å². The zero-order valence-electron chi connectivity index (χ0n) is 13.7. The number of halogens is 3. The first kappa shape index (κ1) is 18.6. The molecule has 25 heavy (non-hydrogen) atoms. The van der Waals surface area contributed by atoms with Crippen LogP contribution in [0.3, 0.4) is 0 Å². The zero-order valence-corrected chi connectivity index (χ0v) is 13.7. The van der Waals surface area contributed by atoms with Crippen LogP contribution in [-0.4, -0.2) is 23.7 Å². The van der Waals surface area contributed by atoms with E-state index in [0.717, 1.165) is 12.5 Å². The van der Waals surface area contributed by atoms with Gasteiger partial charge in [0.2, 0.25) is 0 Å². The van der Waals surface area contributed by atoms with Crippen LogP contribution in [0.2, 0.25) is 0 Å². The molecule has 134 valence electrons. The van der Waals surface area contributed by atoms with Crippen molar-refractivity contribution in [1.82, 2.24) is 9.97 Å². The molecule has 1 aromatic heterocycles. The Kier molecular flexibility index (Phi) is 5.84. The third-order valence-corrected chi connectivity index (χ3v) is 3.17. The van der Waals surface area contributed by atoms with Crippen molar-refractivity contribution in [2.24, 2.45) is 0 Å². The van der Waals surface area contributed by atoms with Gasteiger partial charge in [0, 0.05) is 0 Å². The number of rotatable bonds is 6. The fraction of sp³-hybridized carbons (Fsp3) is 0.294. The lowest BCUT2D eigenvalue weighted by molar-refractivity contribution is -0.141. The van der Waals surface area contributed by atoms with E-state index in [1.807, 2.05) is 6.92 Å². The summed E-state index contributed by atoms with van der Waals surface area (Å²) >= 11 is 0. The van der Waals surface area contributed by atoms with Crippen molar-refractivity contribution in [2.75, 3.05) is 13.7 Å². The second kappa shape index (κ2) is 7.87. The third-order valence-electron chi connectivity index (χ3n) is 3.17. The number of methoxy groups -OCH3 is 1. The van der Waals surface area contributed by atoms with E-state index in [9.17, 15) is 18.0 Å². The van der Waals surface area contributed by atoms with Gasteiger partial charge in [0.05, 0.1) is 19.4 Å². The highest BCUT2D eigenvalue weighted by molar-refractivity contribution is 5.69. The summed E-state index contributed by atoms with van der Waals surface area (Å²) in [6.45, 7) is 2.52. The first-order chi connectivity index (χ1) is 11.8. The maximum absolute atomic E-state index is 12.7. The first-order valence-electron chi connectivity index (χ1n) is 7.51. The Labute approximate surface area is 142 Å². The van der Waals surface area contributed by atoms with Crippen LogP contribution in [0.25, 0.3) is 12.2 Å². The van der Waals surface area contributed by atoms with Crippen LogP contribution in [0.15, 0.2) is 29.1 Å². The second-order valence-corrected chi connectivity index (χ2v) is 5.11. The molecule has 2 aromatic rings. The number of hydrogen-bond acceptors (Lipinski definition) is 4. The SMILES string of the molecule is CCCOc1ccc(C=Cc2cc(C(F)(F)F)[nH]c(=O)n2)cc1OC. The number of aromatic nitrogens is 2. The summed E-state index contributed by atoms with van der Waals surface area (Å²) in [5.74, 6) is 1.08. The second-order valence-electron chi connectivity index (χ2n) is 5.11. The predicted molar refractivity (Wildman–Crippen MR) is 87.6 cm³/mol. The summed E-state index contributed by atoms with van der Waals surface area (Å²) in [5.41, 5.74) is -1.64. The first-order valence-corrected chi connectivity index (χ1v) is 7.51. The van der Waals surface area contributed by atoms with E-state index in [4.69, 9.17) is 9.47 Å². The van der Waals surface area contributed by atoms with E-state index in [1.54, 1.807) is 23.2 Å². The zero-order chi connectivity index (χ0) is 18.4. The van der Waals surface area contributed by atoms with Gasteiger partial charge in [0.1, 0.15) is 5.69 Å². The number of H-pyrrole nitrogens is 1. The molecule has 0 spiro atoms. The quantitative estimate of drug-likeness (QED) is 0.858. The molecule has 0 aliphatic heterocycles. The number of hydrogen-bond donors (Lipinski definition) is 1. The Morgan fingerprint density at radius 3 is 2.60 bits per heavy atom. The minimum absolute atomic E-state index is 0.0960. The molecule has 0 saturated carbocycles. The summed E-state index contributed by atoms with van der Waals surface area (Å²) < 4.78 is 48.9. The standard InChI is InChI=1S/C17H17F3N2O3/c1-3-8-25-13-7-5-11(9-14(13)24-2)4-6-12-10-15(17(18,19)20)22-16(23)21-12/h4-7,9-10H,3,8H2,1-2H3,(H,21,22,23). The Hall–Kier alpha value is -2.77. The van der Waals surface area contributed by atoms with Crippen molar-refractivity contribution >= 4 is 12.2 Å². The van der Waals surface area contributed by atoms with Crippen molar-refractivity contribution < 1.29 is 22.6 Å². The lowest BCUT2D eigenvalue weighted by Gasteiger charge is -2.10. The van der Waals surface area contributed by atoms with Gasteiger partial charge < -0.3 is 14.5 Å². The summed E-state index contributed by atoms with van der Waals surface area (Å²) in [6, 6.07) is 5.88. The molecule has 5 nitrogen and oxygen atoms in total. The van der Waals surface area contributed by atoms with Gasteiger partial charge in [-0.15, -0.1) is 0 Å². The molecule has 0 fully saturated rings. The summed E-state index contributed by atoms with van der Waals surface area (Å²) in [4.78, 5) is 16.5. The topological polar surface area (TPSA) is 64.2 Å². The van der Waals surface area contributed by atoms with Crippen LogP contribution in [0, 0.1) is 0 Å². The molecule has 0 aliphatic carbocycles. The molecule has 0 unspecified atom stereocenters. The lowest BCUT2D eigenvalue weighted by atomic mass is 10.1. The Morgan fingerprint density at radius 2 is 1.96 bits per heavy atom. The number of ether oxygens (including phenoxy) is 2. The minimum atomic E-state index is -4.65. The van der Waals surface area contributed by atoms with Crippen LogP contribution in [0.4, 0.5) is 13.2 Å². The van der Waals surface area contributed by atoms with Gasteiger partial charge >= 0.3 is 11.9 Å². The molecule has 0 bridgehead atoms. The van der Waals surface area contributed by atoms with E-state index in [1.165, 1.54) is 19.3 Å². The average molecular weight is 354 g/mol. The van der Waals surface area contributed by atoms with E-state index in [0.29, 0.717) is 23.7 Å². The minimum Gasteiger partial charge on any atom is -0.493 e. The van der Waals surface area contributed by atoms with Crippen LogP contribution in [-0.2, 0) is 6.18 Å². The monoisotopic (exact) mass is 354 g/mol. The Bertz CT molecular complexity index is 814. The average Bonchev–Trinajstić information content (AvgIpc) is 2.57. The van der Waals surface area contributed by atoms with Gasteiger partial charge in [-0.1, -0.05) is 19.1 Å². The molecule has 8 heteroatoms. The smallest absolute Gasteiger partial charge is 0.431 e. The number of aromatic amines is 1. The van der Waals surface area contributed by atoms with Gasteiger partial charge in [-0.05, 0) is 36.3 Å². The van der Waals surface area contributed by atoms with E-state index in [-0.39, 0.29) is 5.69 Å². The maximum Gasteiger partial charge on any atom is 0.431 e. The van der Waals surface area contributed by atoms with Gasteiger partial charge in [0.25, 0.3) is 0 Å². The molecule has 0 radical (unpaired) electrons. The molecule has 2 rings (SSSR count). The summed E-state index contributed by atoms with van der Waals surface area (Å²) in [5, 5.41) is 0. The van der Waals surface area contributed by atoms with Crippen LogP contribution >= 0.6 is 0 Å². The molecule has 1 aromatic carbocycles. The Balaban J connectivity index is 2.27. The molecule has 0 saturated heterocycles. The highest BCUT2D eigenvalue weighted by atomic mass is 19.4. The van der Waals surface area contributed by atoms with E-state index < -0.39 is 17.6 Å². The Morgan fingerprint density at radius 1 is 1.20 bits per heavy atom. The van der Waals surface area contributed by atoms with Gasteiger partial charge in [-0.2, -0.15) is 18.2 Å². The number of benzene rings is 1. The van der Waals surface area contributed by atoms with Gasteiger partial charge in [-0.3, -0.25) is 0 Å². The van der Waals surface area contributed by atoms with E-state index >= 15 is 0 Å². The maximum atomic E-state index is 12.7. The van der Waals surface area contributed by atoms with Crippen molar-refractivity contribution in [2.45, 2.75) is 19.5 Å². The molecule has 1 heterocycles. The lowest BCUT2D eigenvalue weighted by Crippen LogP contribution is -2.19. The van der Waals surface area contributed by atoms with Gasteiger partial charge in [-0.25, -0.2) is 4.79 Å². The summed E-state index contributed by atoms with van der Waals surface area (Å²) in [6.07, 6.45) is -0.938. The van der Waals surface area contributed by atoms with Crippen molar-refractivity contribution in [3.05, 3.63) is 51.7 Å². The molecule has 0 amide bonds. The largest absolute Gasteiger partial charge is 0.493 e. The van der Waals surface area contributed by atoms with E-state index in [2.05, 4.69) is 4.98 Å². The normalized spacial score (nSPS) is 11.7. The number of nitrogens with one attached hydrogen (secondary N) is 1.